The van der Waals surface area contributed by atoms with Crippen LogP contribution < -0.4 is 19.6 Å². The highest BCUT2D eigenvalue weighted by molar-refractivity contribution is 5.86. The molecule has 1 aromatic heterocycles. The van der Waals surface area contributed by atoms with Crippen molar-refractivity contribution in [1.82, 2.24) is 0 Å². The highest BCUT2D eigenvalue weighted by Gasteiger charge is 2.20. The number of methoxy groups -OCH3 is 1. The van der Waals surface area contributed by atoms with Crippen LogP contribution in [0.5, 0.6) is 23.0 Å². The molecule has 2 aromatic carbocycles. The van der Waals surface area contributed by atoms with Crippen LogP contribution in [0.25, 0.3) is 22.3 Å². The maximum atomic E-state index is 12.8. The molecule has 0 amide bonds. The third kappa shape index (κ3) is 4.95. The van der Waals surface area contributed by atoms with Gasteiger partial charge in [0.2, 0.25) is 0 Å². The van der Waals surface area contributed by atoms with E-state index >= 15 is 0 Å². The minimum Gasteiger partial charge on any atom is -0.624 e. The summed E-state index contributed by atoms with van der Waals surface area (Å²) in [6, 6.07) is 9.59. The Hall–Kier alpha value is -3.68. The van der Waals surface area contributed by atoms with Crippen LogP contribution in [0, 0.1) is 5.21 Å². The lowest BCUT2D eigenvalue weighted by atomic mass is 10.1. The van der Waals surface area contributed by atoms with Crippen molar-refractivity contribution < 1.29 is 28.5 Å². The summed E-state index contributed by atoms with van der Waals surface area (Å²) in [5.41, 5.74) is 0.936. The Morgan fingerprint density at radius 3 is 2.65 bits per heavy atom. The van der Waals surface area contributed by atoms with Gasteiger partial charge in [0.05, 0.1) is 13.2 Å². The van der Waals surface area contributed by atoms with Crippen LogP contribution in [-0.2, 0) is 0 Å². The topological polar surface area (TPSA) is 104 Å². The number of aromatic hydroxyl groups is 1. The summed E-state index contributed by atoms with van der Waals surface area (Å²) in [6.07, 6.45) is 4.42. The highest BCUT2D eigenvalue weighted by atomic mass is 16.5. The van der Waals surface area contributed by atoms with Gasteiger partial charge in [0.15, 0.2) is 35.8 Å². The molecule has 0 spiro atoms. The van der Waals surface area contributed by atoms with E-state index in [-0.39, 0.29) is 40.6 Å². The van der Waals surface area contributed by atoms with Gasteiger partial charge in [-0.15, -0.1) is 0 Å². The first-order valence-corrected chi connectivity index (χ1v) is 11.5. The molecule has 1 saturated carbocycles. The fraction of sp³-hybridized carbons (Fsp3) is 0.385. The zero-order valence-electron chi connectivity index (χ0n) is 19.6. The van der Waals surface area contributed by atoms with Crippen molar-refractivity contribution in [2.75, 3.05) is 20.3 Å². The maximum absolute atomic E-state index is 12.8. The predicted molar refractivity (Wildman–Crippen MR) is 129 cm³/mol. The number of fused-ring (bicyclic) bond motifs is 1. The van der Waals surface area contributed by atoms with E-state index in [4.69, 9.17) is 18.6 Å². The Morgan fingerprint density at radius 2 is 1.94 bits per heavy atom. The summed E-state index contributed by atoms with van der Waals surface area (Å²) in [6.45, 7) is 3.78. The highest BCUT2D eigenvalue weighted by Crippen LogP contribution is 2.37. The summed E-state index contributed by atoms with van der Waals surface area (Å²) < 4.78 is 24.1. The first kappa shape index (κ1) is 23.5. The monoisotopic (exact) mass is 467 g/mol. The Bertz CT molecular complexity index is 1270. The third-order valence-electron chi connectivity index (χ3n) is 5.99. The van der Waals surface area contributed by atoms with Crippen molar-refractivity contribution in [1.29, 1.82) is 0 Å². The van der Waals surface area contributed by atoms with Crippen LogP contribution in [0.1, 0.15) is 39.5 Å². The lowest BCUT2D eigenvalue weighted by molar-refractivity contribution is -0.455. The average Bonchev–Trinajstić information content (AvgIpc) is 3.34. The van der Waals surface area contributed by atoms with E-state index in [1.807, 2.05) is 0 Å². The number of phenols is 1. The lowest BCUT2D eigenvalue weighted by Crippen LogP contribution is -2.19. The van der Waals surface area contributed by atoms with Gasteiger partial charge in [0, 0.05) is 30.7 Å². The van der Waals surface area contributed by atoms with Gasteiger partial charge in [-0.1, -0.05) is 0 Å². The van der Waals surface area contributed by atoms with Gasteiger partial charge in [0.1, 0.15) is 28.2 Å². The molecule has 1 fully saturated rings. The molecule has 0 atom stereocenters. The molecule has 34 heavy (non-hydrogen) atoms. The van der Waals surface area contributed by atoms with Crippen LogP contribution in [-0.4, -0.2) is 41.9 Å². The van der Waals surface area contributed by atoms with Crippen LogP contribution >= 0.6 is 0 Å². The van der Waals surface area contributed by atoms with Crippen molar-refractivity contribution in [3.63, 3.8) is 0 Å². The number of phenolic OH excluding ortho intramolecular Hbond substituents is 1. The Kier molecular flexibility index (Phi) is 6.95. The Labute approximate surface area is 197 Å². The number of ether oxygens (including phenoxy) is 3. The van der Waals surface area contributed by atoms with Gasteiger partial charge in [-0.25, -0.2) is 4.74 Å². The van der Waals surface area contributed by atoms with E-state index in [0.29, 0.717) is 35.1 Å². The summed E-state index contributed by atoms with van der Waals surface area (Å²) in [5.74, 6) is 1.57. The summed E-state index contributed by atoms with van der Waals surface area (Å²) in [5, 5.41) is 22.2. The van der Waals surface area contributed by atoms with E-state index in [1.165, 1.54) is 18.2 Å². The second-order valence-corrected chi connectivity index (χ2v) is 8.40. The van der Waals surface area contributed by atoms with E-state index in [9.17, 15) is 15.1 Å². The zero-order chi connectivity index (χ0) is 24.2. The van der Waals surface area contributed by atoms with Gasteiger partial charge in [-0.3, -0.25) is 4.79 Å². The van der Waals surface area contributed by atoms with Crippen LogP contribution in [0.2, 0.25) is 0 Å². The summed E-state index contributed by atoms with van der Waals surface area (Å²) in [4.78, 5) is 12.8. The van der Waals surface area contributed by atoms with Crippen LogP contribution in [0.3, 0.4) is 0 Å². The second kappa shape index (κ2) is 10.1. The molecule has 180 valence electrons. The third-order valence-corrected chi connectivity index (χ3v) is 5.99. The van der Waals surface area contributed by atoms with Crippen molar-refractivity contribution >= 4 is 16.7 Å². The molecule has 1 heterocycles. The van der Waals surface area contributed by atoms with Gasteiger partial charge in [0.25, 0.3) is 0 Å². The molecule has 1 aliphatic rings. The van der Waals surface area contributed by atoms with Crippen molar-refractivity contribution in [2.45, 2.75) is 45.6 Å². The van der Waals surface area contributed by atoms with Gasteiger partial charge in [-0.2, -0.15) is 0 Å². The number of benzene rings is 2. The van der Waals surface area contributed by atoms with Crippen LogP contribution in [0.4, 0.5) is 0 Å². The predicted octanol–water partition coefficient (Wildman–Crippen LogP) is 4.87. The standard InChI is InChI=1S/C26H29NO7/c1-4-27(30)16(2)15-32-19-12-20(28)26-21(29)14-23(34-25(26)13-19)17-9-10-22(31-3)24(11-17)33-18-7-5-6-8-18/h9-14,18,28H,4-8,15H2,1-3H3. The van der Waals surface area contributed by atoms with E-state index in [0.717, 1.165) is 30.4 Å². The number of hydrogen-bond donors (Lipinski definition) is 1. The van der Waals surface area contributed by atoms with E-state index in [1.54, 1.807) is 39.2 Å². The zero-order valence-corrected chi connectivity index (χ0v) is 19.6. The maximum Gasteiger partial charge on any atom is 0.198 e. The molecule has 0 saturated heterocycles. The molecule has 1 aliphatic carbocycles. The Morgan fingerprint density at radius 1 is 1.18 bits per heavy atom. The first-order valence-electron chi connectivity index (χ1n) is 11.5. The average molecular weight is 468 g/mol. The van der Waals surface area contributed by atoms with Gasteiger partial charge < -0.3 is 28.9 Å². The largest absolute Gasteiger partial charge is 0.624 e. The summed E-state index contributed by atoms with van der Waals surface area (Å²) in [7, 11) is 1.59. The molecule has 0 aliphatic heterocycles. The quantitative estimate of drug-likeness (QED) is 0.218. The molecular weight excluding hydrogens is 438 g/mol. The SMILES string of the molecule is CC[N+]([O-])=C(C)COc1cc(O)c2c(=O)cc(-c3ccc(OC)c(OC4CCCC4)c3)oc2c1. The number of nitrogens with zero attached hydrogens (tertiary/aromatic N) is 1. The minimum atomic E-state index is -0.381. The van der Waals surface area contributed by atoms with Crippen molar-refractivity contribution in [3.8, 4) is 34.3 Å². The molecule has 8 heteroatoms. The van der Waals surface area contributed by atoms with Gasteiger partial charge >= 0.3 is 0 Å². The second-order valence-electron chi connectivity index (χ2n) is 8.40. The lowest BCUT2D eigenvalue weighted by Gasteiger charge is -2.17. The molecule has 3 aromatic rings. The molecule has 8 nitrogen and oxygen atoms in total. The van der Waals surface area contributed by atoms with E-state index in [2.05, 4.69) is 0 Å². The normalized spacial score (nSPS) is 14.8. The first-order chi connectivity index (χ1) is 16.4. The van der Waals surface area contributed by atoms with E-state index < -0.39 is 0 Å². The number of hydroxylamine groups is 1. The molecular formula is C26H29NO7. The fourth-order valence-electron chi connectivity index (χ4n) is 4.11. The molecule has 0 unspecified atom stereocenters. The number of rotatable bonds is 8. The smallest absolute Gasteiger partial charge is 0.198 e. The molecule has 0 bridgehead atoms. The minimum absolute atomic E-state index is 0.0482. The fourth-order valence-corrected chi connectivity index (χ4v) is 4.11. The molecule has 0 radical (unpaired) electrons. The van der Waals surface area contributed by atoms with Crippen molar-refractivity contribution in [3.05, 3.63) is 51.8 Å². The van der Waals surface area contributed by atoms with Gasteiger partial charge in [-0.05, 0) is 50.8 Å². The molecule has 4 rings (SSSR count). The van der Waals surface area contributed by atoms with Crippen molar-refractivity contribution in [2.24, 2.45) is 0 Å². The molecule has 1 N–H and O–H groups in total. The Balaban J connectivity index is 1.70. The summed E-state index contributed by atoms with van der Waals surface area (Å²) >= 11 is 0. The van der Waals surface area contributed by atoms with Crippen LogP contribution in [0.15, 0.2) is 45.6 Å². The number of hydrogen-bond acceptors (Lipinski definition) is 7.